The molecule has 3 heterocycles. The van der Waals surface area contributed by atoms with E-state index in [1.165, 1.54) is 17.7 Å². The first kappa shape index (κ1) is 10.8. The third kappa shape index (κ3) is 1.56. The molecule has 90 valence electrons. The molecule has 6 nitrogen and oxygen atoms in total. The van der Waals surface area contributed by atoms with E-state index < -0.39 is 5.97 Å². The van der Waals surface area contributed by atoms with Crippen LogP contribution in [0.1, 0.15) is 16.2 Å². The number of hydrogen-bond acceptors (Lipinski definition) is 5. The smallest absolute Gasteiger partial charge is 0.358 e. The van der Waals surface area contributed by atoms with Crippen molar-refractivity contribution >= 4 is 23.0 Å². The molecule has 0 aliphatic heterocycles. The molecule has 0 fully saturated rings. The fourth-order valence-electron chi connectivity index (χ4n) is 1.74. The van der Waals surface area contributed by atoms with E-state index in [4.69, 9.17) is 5.11 Å². The van der Waals surface area contributed by atoms with E-state index in [-0.39, 0.29) is 5.69 Å². The van der Waals surface area contributed by atoms with Crippen molar-refractivity contribution in [3.63, 3.8) is 0 Å². The Morgan fingerprint density at radius 1 is 1.39 bits per heavy atom. The van der Waals surface area contributed by atoms with Crippen LogP contribution in [0.5, 0.6) is 0 Å². The number of fused-ring (bicyclic) bond motifs is 1. The van der Waals surface area contributed by atoms with Crippen LogP contribution in [0.25, 0.3) is 17.0 Å². The maximum atomic E-state index is 11.1. The molecule has 0 amide bonds. The number of aromatic nitrogens is 4. The molecule has 0 aromatic carbocycles. The highest BCUT2D eigenvalue weighted by Crippen LogP contribution is 2.20. The molecule has 0 atom stereocenters. The Labute approximate surface area is 106 Å². The van der Waals surface area contributed by atoms with Gasteiger partial charge in [-0.2, -0.15) is 0 Å². The minimum atomic E-state index is -1.08. The largest absolute Gasteiger partial charge is 0.476 e. The lowest BCUT2D eigenvalue weighted by molar-refractivity contribution is 0.0693. The average molecular weight is 260 g/mol. The van der Waals surface area contributed by atoms with E-state index in [1.54, 1.807) is 9.91 Å². The maximum absolute atomic E-state index is 11.1. The van der Waals surface area contributed by atoms with Crippen LogP contribution in [-0.4, -0.2) is 30.4 Å². The van der Waals surface area contributed by atoms with Crippen LogP contribution in [-0.2, 0) is 0 Å². The molecule has 3 aromatic rings. The fraction of sp³-hybridized carbons (Fsp3) is 0.0909. The van der Waals surface area contributed by atoms with Crippen LogP contribution in [0.3, 0.4) is 0 Å². The summed E-state index contributed by atoms with van der Waals surface area (Å²) in [5.41, 5.74) is 4.27. The second kappa shape index (κ2) is 3.88. The van der Waals surface area contributed by atoms with E-state index >= 15 is 0 Å². The molecule has 0 bridgehead atoms. The normalized spacial score (nSPS) is 10.9. The summed E-state index contributed by atoms with van der Waals surface area (Å²) in [6, 6.07) is 1.86. The second-order valence-electron chi connectivity index (χ2n) is 3.75. The lowest BCUT2D eigenvalue weighted by Crippen LogP contribution is -2.01. The molecule has 0 radical (unpaired) electrons. The minimum Gasteiger partial charge on any atom is -0.476 e. The van der Waals surface area contributed by atoms with E-state index in [1.807, 2.05) is 18.4 Å². The van der Waals surface area contributed by atoms with E-state index in [0.29, 0.717) is 11.3 Å². The zero-order valence-corrected chi connectivity index (χ0v) is 10.2. The number of carboxylic acid groups (broad SMARTS) is 1. The number of hydrogen-bond donors (Lipinski definition) is 1. The Balaban J connectivity index is 2.31. The first-order valence-corrected chi connectivity index (χ1v) is 6.07. The first-order valence-electron chi connectivity index (χ1n) is 5.13. The topological polar surface area (TPSA) is 80.4 Å². The fourth-order valence-corrected chi connectivity index (χ4v) is 2.29. The molecule has 0 saturated carbocycles. The Kier molecular flexibility index (Phi) is 2.34. The Morgan fingerprint density at radius 2 is 2.22 bits per heavy atom. The van der Waals surface area contributed by atoms with Crippen molar-refractivity contribution < 1.29 is 9.90 Å². The molecule has 0 saturated heterocycles. The van der Waals surface area contributed by atoms with Gasteiger partial charge in [0, 0.05) is 11.1 Å². The van der Waals surface area contributed by atoms with Gasteiger partial charge in [0.05, 0.1) is 16.9 Å². The number of imidazole rings is 1. The molecule has 3 rings (SSSR count). The molecular weight excluding hydrogens is 252 g/mol. The highest BCUT2D eigenvalue weighted by molar-refractivity contribution is 7.07. The molecule has 0 spiro atoms. The van der Waals surface area contributed by atoms with Crippen LogP contribution in [0.2, 0.25) is 0 Å². The molecular formula is C11H8N4O2S. The monoisotopic (exact) mass is 260 g/mol. The van der Waals surface area contributed by atoms with Gasteiger partial charge in [0.25, 0.3) is 0 Å². The van der Waals surface area contributed by atoms with Gasteiger partial charge in [0.2, 0.25) is 0 Å². The summed E-state index contributed by atoms with van der Waals surface area (Å²) in [5.74, 6) is -1.08. The minimum absolute atomic E-state index is 0.0461. The van der Waals surface area contributed by atoms with Crippen molar-refractivity contribution in [2.24, 2.45) is 0 Å². The van der Waals surface area contributed by atoms with E-state index in [9.17, 15) is 4.79 Å². The van der Waals surface area contributed by atoms with Gasteiger partial charge in [-0.15, -0.1) is 11.3 Å². The van der Waals surface area contributed by atoms with Crippen molar-refractivity contribution in [3.8, 4) is 11.4 Å². The molecule has 0 aliphatic rings. The summed E-state index contributed by atoms with van der Waals surface area (Å²) in [5, 5.41) is 10.9. The molecule has 0 aliphatic carbocycles. The Bertz CT molecular complexity index is 733. The summed E-state index contributed by atoms with van der Waals surface area (Å²) >= 11 is 1.47. The molecule has 3 aromatic heterocycles. The highest BCUT2D eigenvalue weighted by Gasteiger charge is 2.16. The summed E-state index contributed by atoms with van der Waals surface area (Å²) in [6.07, 6.45) is 1.46. The van der Waals surface area contributed by atoms with Gasteiger partial charge in [-0.1, -0.05) is 0 Å². The number of carbonyl (C=O) groups is 1. The summed E-state index contributed by atoms with van der Waals surface area (Å²) in [6.45, 7) is 1.87. The number of aryl methyl sites for hydroxylation is 1. The molecule has 18 heavy (non-hydrogen) atoms. The van der Waals surface area contributed by atoms with Crippen LogP contribution in [0.4, 0.5) is 0 Å². The van der Waals surface area contributed by atoms with Crippen LogP contribution in [0, 0.1) is 6.92 Å². The van der Waals surface area contributed by atoms with Gasteiger partial charge in [-0.25, -0.2) is 19.7 Å². The summed E-state index contributed by atoms with van der Waals surface area (Å²) in [4.78, 5) is 23.4. The maximum Gasteiger partial charge on any atom is 0.358 e. The predicted molar refractivity (Wildman–Crippen MR) is 65.8 cm³/mol. The number of carboxylic acids is 1. The molecule has 1 N–H and O–H groups in total. The molecule has 0 unspecified atom stereocenters. The lowest BCUT2D eigenvalue weighted by Gasteiger charge is -2.03. The van der Waals surface area contributed by atoms with Gasteiger partial charge in [-0.3, -0.25) is 4.40 Å². The van der Waals surface area contributed by atoms with Crippen molar-refractivity contribution in [3.05, 3.63) is 34.7 Å². The SMILES string of the molecule is Cc1cc(-c2cscn2)nc2c(C(=O)O)ncn12. The van der Waals surface area contributed by atoms with Gasteiger partial charge in [0.15, 0.2) is 11.3 Å². The molecule has 7 heteroatoms. The van der Waals surface area contributed by atoms with Crippen molar-refractivity contribution in [2.75, 3.05) is 0 Å². The van der Waals surface area contributed by atoms with E-state index in [0.717, 1.165) is 11.4 Å². The zero-order chi connectivity index (χ0) is 12.7. The summed E-state index contributed by atoms with van der Waals surface area (Å²) < 4.78 is 1.65. The predicted octanol–water partition coefficient (Wildman–Crippen LogP) is 1.86. The number of thiazole rings is 1. The zero-order valence-electron chi connectivity index (χ0n) is 9.36. The second-order valence-corrected chi connectivity index (χ2v) is 4.47. The number of rotatable bonds is 2. The van der Waals surface area contributed by atoms with Crippen LogP contribution in [0.15, 0.2) is 23.3 Å². The third-order valence-electron chi connectivity index (χ3n) is 2.59. The van der Waals surface area contributed by atoms with Crippen molar-refractivity contribution in [1.82, 2.24) is 19.4 Å². The Morgan fingerprint density at radius 3 is 2.89 bits per heavy atom. The van der Waals surface area contributed by atoms with Gasteiger partial charge >= 0.3 is 5.97 Å². The van der Waals surface area contributed by atoms with Crippen molar-refractivity contribution in [2.45, 2.75) is 6.92 Å². The van der Waals surface area contributed by atoms with Crippen LogP contribution < -0.4 is 0 Å². The first-order chi connectivity index (χ1) is 8.66. The standard InChI is InChI=1S/C11H8N4O2S/c1-6-2-7(8-3-18-5-13-8)14-10-9(11(16)17)12-4-15(6)10/h2-5H,1H3,(H,16,17). The summed E-state index contributed by atoms with van der Waals surface area (Å²) in [7, 11) is 0. The van der Waals surface area contributed by atoms with Crippen LogP contribution >= 0.6 is 11.3 Å². The third-order valence-corrected chi connectivity index (χ3v) is 3.18. The number of aromatic carboxylic acids is 1. The van der Waals surface area contributed by atoms with Gasteiger partial charge < -0.3 is 5.11 Å². The lowest BCUT2D eigenvalue weighted by atomic mass is 10.2. The van der Waals surface area contributed by atoms with Gasteiger partial charge in [0.1, 0.15) is 6.33 Å². The highest BCUT2D eigenvalue weighted by atomic mass is 32.1. The van der Waals surface area contributed by atoms with Crippen molar-refractivity contribution in [1.29, 1.82) is 0 Å². The quantitative estimate of drug-likeness (QED) is 0.760. The van der Waals surface area contributed by atoms with Gasteiger partial charge in [-0.05, 0) is 13.0 Å². The average Bonchev–Trinajstić information content (AvgIpc) is 2.97. The van der Waals surface area contributed by atoms with E-state index in [2.05, 4.69) is 15.0 Å². The number of nitrogens with zero attached hydrogens (tertiary/aromatic N) is 4. The Hall–Kier alpha value is -2.28.